The van der Waals surface area contributed by atoms with E-state index >= 15 is 0 Å². The molecule has 3 aromatic rings. The average molecular weight is 350 g/mol. The van der Waals surface area contributed by atoms with E-state index in [4.69, 9.17) is 0 Å². The van der Waals surface area contributed by atoms with Gasteiger partial charge >= 0.3 is 0 Å². The molecule has 3 rings (SSSR count). The van der Waals surface area contributed by atoms with E-state index in [0.29, 0.717) is 21.8 Å². The van der Waals surface area contributed by atoms with Crippen LogP contribution in [-0.4, -0.2) is 11.8 Å². The topological polar surface area (TPSA) is 58.2 Å². The molecule has 2 N–H and O–H groups in total. The highest BCUT2D eigenvalue weighted by atomic mass is 32.1. The third-order valence-corrected chi connectivity index (χ3v) is 5.00. The summed E-state index contributed by atoms with van der Waals surface area (Å²) in [4.78, 5) is 26.6. The maximum atomic E-state index is 12.5. The van der Waals surface area contributed by atoms with Crippen LogP contribution in [0.5, 0.6) is 0 Å². The summed E-state index contributed by atoms with van der Waals surface area (Å²) in [5.41, 5.74) is 2.80. The lowest BCUT2D eigenvalue weighted by molar-refractivity contribution is 0.101. The van der Waals surface area contributed by atoms with Gasteiger partial charge in [0.15, 0.2) is 0 Å². The van der Waals surface area contributed by atoms with Gasteiger partial charge in [-0.05, 0) is 49.7 Å². The zero-order chi connectivity index (χ0) is 17.8. The molecule has 2 amide bonds. The number of anilines is 2. The van der Waals surface area contributed by atoms with E-state index in [2.05, 4.69) is 10.6 Å². The van der Waals surface area contributed by atoms with E-state index < -0.39 is 0 Å². The minimum Gasteiger partial charge on any atom is -0.320 e. The number of hydrogen-bond acceptors (Lipinski definition) is 3. The van der Waals surface area contributed by atoms with Gasteiger partial charge in [-0.3, -0.25) is 9.59 Å². The normalized spacial score (nSPS) is 10.3. The van der Waals surface area contributed by atoms with E-state index in [1.165, 1.54) is 11.3 Å². The molecule has 0 spiro atoms. The van der Waals surface area contributed by atoms with E-state index in [-0.39, 0.29) is 11.8 Å². The second-order valence-electron chi connectivity index (χ2n) is 5.67. The molecule has 0 saturated carbocycles. The summed E-state index contributed by atoms with van der Waals surface area (Å²) in [7, 11) is 0. The summed E-state index contributed by atoms with van der Waals surface area (Å²) in [6, 6.07) is 18.0. The zero-order valence-electron chi connectivity index (χ0n) is 14.0. The molecule has 0 aliphatic rings. The van der Waals surface area contributed by atoms with Crippen LogP contribution in [0.4, 0.5) is 11.4 Å². The number of aryl methyl sites for hydroxylation is 2. The Morgan fingerprint density at radius 1 is 0.800 bits per heavy atom. The largest absolute Gasteiger partial charge is 0.320 e. The van der Waals surface area contributed by atoms with Crippen molar-refractivity contribution in [2.24, 2.45) is 0 Å². The summed E-state index contributed by atoms with van der Waals surface area (Å²) in [5.74, 6) is -0.396. The first kappa shape index (κ1) is 16.9. The molecule has 0 radical (unpaired) electrons. The fourth-order valence-electron chi connectivity index (χ4n) is 2.35. The van der Waals surface area contributed by atoms with Crippen LogP contribution in [0.1, 0.15) is 30.5 Å². The molecule has 1 aromatic heterocycles. The molecule has 0 fully saturated rings. The fourth-order valence-corrected chi connectivity index (χ4v) is 3.28. The van der Waals surface area contributed by atoms with E-state index in [9.17, 15) is 9.59 Å². The van der Waals surface area contributed by atoms with Crippen LogP contribution < -0.4 is 10.6 Å². The average Bonchev–Trinajstić information content (AvgIpc) is 2.96. The van der Waals surface area contributed by atoms with E-state index in [1.54, 1.807) is 24.3 Å². The number of thiophene rings is 1. The first-order chi connectivity index (χ1) is 12.0. The Kier molecular flexibility index (Phi) is 4.95. The third kappa shape index (κ3) is 3.95. The summed E-state index contributed by atoms with van der Waals surface area (Å²) in [5, 5.41) is 5.73. The molecule has 25 heavy (non-hydrogen) atoms. The van der Waals surface area contributed by atoms with Crippen molar-refractivity contribution in [2.75, 3.05) is 10.6 Å². The van der Waals surface area contributed by atoms with Gasteiger partial charge in [0.1, 0.15) is 0 Å². The lowest BCUT2D eigenvalue weighted by Gasteiger charge is -2.12. The molecule has 0 aliphatic heterocycles. The van der Waals surface area contributed by atoms with Crippen molar-refractivity contribution in [1.82, 2.24) is 0 Å². The molecule has 0 saturated heterocycles. The maximum Gasteiger partial charge on any atom is 0.265 e. The number of amides is 2. The highest BCUT2D eigenvalue weighted by Gasteiger charge is 2.14. The smallest absolute Gasteiger partial charge is 0.265 e. The van der Waals surface area contributed by atoms with Crippen molar-refractivity contribution in [1.29, 1.82) is 0 Å². The van der Waals surface area contributed by atoms with Crippen molar-refractivity contribution in [2.45, 2.75) is 13.8 Å². The number of rotatable bonds is 4. The van der Waals surface area contributed by atoms with Gasteiger partial charge in [0.2, 0.25) is 0 Å². The number of nitrogens with one attached hydrogen (secondary N) is 2. The first-order valence-corrected chi connectivity index (χ1v) is 8.70. The van der Waals surface area contributed by atoms with Gasteiger partial charge in [0.25, 0.3) is 11.8 Å². The molecule has 1 heterocycles. The quantitative estimate of drug-likeness (QED) is 0.705. The number of para-hydroxylation sites is 2. The first-order valence-electron chi connectivity index (χ1n) is 7.88. The molecule has 126 valence electrons. The fraction of sp³-hybridized carbons (Fsp3) is 0.100. The minimum atomic E-state index is -0.217. The molecule has 0 unspecified atom stereocenters. The molecule has 0 atom stereocenters. The number of benzene rings is 2. The van der Waals surface area contributed by atoms with Crippen molar-refractivity contribution < 1.29 is 9.59 Å². The predicted molar refractivity (Wildman–Crippen MR) is 103 cm³/mol. The lowest BCUT2D eigenvalue weighted by atomic mass is 10.2. The third-order valence-electron chi connectivity index (χ3n) is 3.85. The van der Waals surface area contributed by atoms with E-state index in [1.807, 2.05) is 50.2 Å². The summed E-state index contributed by atoms with van der Waals surface area (Å²) >= 11 is 1.46. The van der Waals surface area contributed by atoms with Gasteiger partial charge in [-0.2, -0.15) is 0 Å². The SMILES string of the molecule is Cc1cc(C(=O)Nc2ccccc2NC(=O)c2ccccc2)sc1C. The van der Waals surface area contributed by atoms with E-state index in [0.717, 1.165) is 10.4 Å². The monoisotopic (exact) mass is 350 g/mol. The van der Waals surface area contributed by atoms with Crippen LogP contribution in [0.25, 0.3) is 0 Å². The van der Waals surface area contributed by atoms with Gasteiger partial charge in [-0.15, -0.1) is 11.3 Å². The minimum absolute atomic E-state index is 0.178. The second-order valence-corrected chi connectivity index (χ2v) is 6.93. The Morgan fingerprint density at radius 2 is 1.36 bits per heavy atom. The van der Waals surface area contributed by atoms with Crippen molar-refractivity contribution >= 4 is 34.5 Å². The van der Waals surface area contributed by atoms with Gasteiger partial charge < -0.3 is 10.6 Å². The Balaban J connectivity index is 1.79. The van der Waals surface area contributed by atoms with Crippen LogP contribution in [0.15, 0.2) is 60.7 Å². The number of hydrogen-bond donors (Lipinski definition) is 2. The lowest BCUT2D eigenvalue weighted by Crippen LogP contribution is -2.16. The molecule has 5 heteroatoms. The molecular formula is C20H18N2O2S. The van der Waals surface area contributed by atoms with Crippen molar-refractivity contribution in [3.05, 3.63) is 81.5 Å². The number of carbonyl (C=O) groups excluding carboxylic acids is 2. The second kappa shape index (κ2) is 7.32. The van der Waals surface area contributed by atoms with Gasteiger partial charge in [-0.1, -0.05) is 30.3 Å². The maximum absolute atomic E-state index is 12.5. The highest BCUT2D eigenvalue weighted by molar-refractivity contribution is 7.14. The predicted octanol–water partition coefficient (Wildman–Crippen LogP) is 4.87. The molecule has 0 aliphatic carbocycles. The van der Waals surface area contributed by atoms with Crippen LogP contribution in [-0.2, 0) is 0 Å². The summed E-state index contributed by atoms with van der Waals surface area (Å²) < 4.78 is 0. The molecular weight excluding hydrogens is 332 g/mol. The Bertz CT molecular complexity index is 897. The summed E-state index contributed by atoms with van der Waals surface area (Å²) in [6.07, 6.45) is 0. The molecule has 0 bridgehead atoms. The van der Waals surface area contributed by atoms with Crippen LogP contribution >= 0.6 is 11.3 Å². The van der Waals surface area contributed by atoms with Crippen LogP contribution in [0.2, 0.25) is 0 Å². The molecule has 2 aromatic carbocycles. The standard InChI is InChI=1S/C20H18N2O2S/c1-13-12-18(25-14(13)2)20(24)22-17-11-7-6-10-16(17)21-19(23)15-8-4-3-5-9-15/h3-12H,1-2H3,(H,21,23)(H,22,24). The van der Waals surface area contributed by atoms with Crippen molar-refractivity contribution in [3.63, 3.8) is 0 Å². The summed E-state index contributed by atoms with van der Waals surface area (Å²) in [6.45, 7) is 3.97. The van der Waals surface area contributed by atoms with Crippen LogP contribution in [0.3, 0.4) is 0 Å². The van der Waals surface area contributed by atoms with Gasteiger partial charge in [0.05, 0.1) is 16.3 Å². The Labute approximate surface area is 150 Å². The van der Waals surface area contributed by atoms with Crippen LogP contribution in [0, 0.1) is 13.8 Å². The Hall–Kier alpha value is -2.92. The van der Waals surface area contributed by atoms with Gasteiger partial charge in [0, 0.05) is 10.4 Å². The van der Waals surface area contributed by atoms with Gasteiger partial charge in [-0.25, -0.2) is 0 Å². The highest BCUT2D eigenvalue weighted by Crippen LogP contribution is 2.25. The zero-order valence-corrected chi connectivity index (χ0v) is 14.8. The molecule has 4 nitrogen and oxygen atoms in total. The van der Waals surface area contributed by atoms with Crippen molar-refractivity contribution in [3.8, 4) is 0 Å². The number of carbonyl (C=O) groups is 2. The Morgan fingerprint density at radius 3 is 1.92 bits per heavy atom.